The summed E-state index contributed by atoms with van der Waals surface area (Å²) in [6, 6.07) is 12.1. The molecule has 41 heavy (non-hydrogen) atoms. The maximum Gasteiger partial charge on any atom is 0.278 e. The summed E-state index contributed by atoms with van der Waals surface area (Å²) in [5, 5.41) is 4.86. The lowest BCUT2D eigenvalue weighted by molar-refractivity contribution is 0.305. The Morgan fingerprint density at radius 2 is 2.02 bits per heavy atom. The summed E-state index contributed by atoms with van der Waals surface area (Å²) < 4.78 is 11.5. The third-order valence-electron chi connectivity index (χ3n) is 7.25. The van der Waals surface area contributed by atoms with Crippen LogP contribution in [0.15, 0.2) is 66.2 Å². The first-order valence-electron chi connectivity index (χ1n) is 14.0. The predicted octanol–water partition coefficient (Wildman–Crippen LogP) is 4.03. The molecule has 0 atom stereocenters. The molecule has 0 radical (unpaired) electrons. The Kier molecular flexibility index (Phi) is 7.19. The standard InChI is InChI=1S/C30H35N9O2/c1-5-12-37-17-18-41-25-9-10-26(33-28(25)37)39-27-23(29(40)38(39)13-6-2)20-31-30(34-27)32-22-7-8-24-21(19-22)11-14-36(24)16-15-35(3)4/h6-11,14,19-20H,2,5,12-13,15-18H2,1,3-4H3,(H,31,32,34). The summed E-state index contributed by atoms with van der Waals surface area (Å²) in [5.74, 6) is 2.48. The van der Waals surface area contributed by atoms with Gasteiger partial charge in [-0.05, 0) is 56.9 Å². The number of hydrogen-bond donors (Lipinski definition) is 1. The summed E-state index contributed by atoms with van der Waals surface area (Å²) in [4.78, 5) is 32.0. The van der Waals surface area contributed by atoms with Crippen molar-refractivity contribution in [2.24, 2.45) is 0 Å². The van der Waals surface area contributed by atoms with Gasteiger partial charge in [-0.25, -0.2) is 19.3 Å². The number of nitrogens with zero attached hydrogens (tertiary/aromatic N) is 8. The first-order chi connectivity index (χ1) is 20.0. The van der Waals surface area contributed by atoms with Crippen LogP contribution in [0.4, 0.5) is 17.5 Å². The Hall–Kier alpha value is -4.64. The molecule has 0 spiro atoms. The number of nitrogens with one attached hydrogen (secondary N) is 1. The summed E-state index contributed by atoms with van der Waals surface area (Å²) in [7, 11) is 4.15. The minimum atomic E-state index is -0.201. The molecule has 212 valence electrons. The number of anilines is 3. The smallest absolute Gasteiger partial charge is 0.278 e. The molecule has 0 bridgehead atoms. The monoisotopic (exact) mass is 553 g/mol. The highest BCUT2D eigenvalue weighted by Crippen LogP contribution is 2.31. The molecule has 0 aliphatic carbocycles. The maximum absolute atomic E-state index is 13.4. The molecule has 1 aliphatic heterocycles. The van der Waals surface area contributed by atoms with E-state index in [0.717, 1.165) is 55.2 Å². The minimum absolute atomic E-state index is 0.201. The van der Waals surface area contributed by atoms with Gasteiger partial charge in [0.1, 0.15) is 12.0 Å². The lowest BCUT2D eigenvalue weighted by Crippen LogP contribution is -2.34. The molecule has 0 saturated heterocycles. The molecular weight excluding hydrogens is 518 g/mol. The van der Waals surface area contributed by atoms with Gasteiger partial charge in [0, 0.05) is 48.6 Å². The molecule has 0 fully saturated rings. The Morgan fingerprint density at radius 1 is 1.15 bits per heavy atom. The molecule has 0 amide bonds. The van der Waals surface area contributed by atoms with Gasteiger partial charge in [0.2, 0.25) is 5.95 Å². The van der Waals surface area contributed by atoms with E-state index in [9.17, 15) is 4.79 Å². The van der Waals surface area contributed by atoms with Crippen molar-refractivity contribution in [3.05, 3.63) is 71.8 Å². The minimum Gasteiger partial charge on any atom is -0.488 e. The van der Waals surface area contributed by atoms with Crippen molar-refractivity contribution in [3.8, 4) is 11.6 Å². The third-order valence-corrected chi connectivity index (χ3v) is 7.25. The maximum atomic E-state index is 13.4. The molecule has 0 saturated carbocycles. The topological polar surface area (TPSA) is 98.3 Å². The van der Waals surface area contributed by atoms with Crippen LogP contribution < -0.4 is 20.5 Å². The Morgan fingerprint density at radius 3 is 2.83 bits per heavy atom. The van der Waals surface area contributed by atoms with Crippen LogP contribution in [0, 0.1) is 0 Å². The van der Waals surface area contributed by atoms with Gasteiger partial charge in [-0.3, -0.25) is 4.79 Å². The zero-order valence-corrected chi connectivity index (χ0v) is 23.7. The van der Waals surface area contributed by atoms with E-state index in [2.05, 4.69) is 76.7 Å². The fourth-order valence-electron chi connectivity index (χ4n) is 5.26. The van der Waals surface area contributed by atoms with Crippen molar-refractivity contribution in [3.63, 3.8) is 0 Å². The molecule has 0 unspecified atom stereocenters. The number of benzene rings is 1. The van der Waals surface area contributed by atoms with Crippen LogP contribution in [0.1, 0.15) is 13.3 Å². The molecule has 1 aliphatic rings. The van der Waals surface area contributed by atoms with Crippen LogP contribution in [0.5, 0.6) is 5.75 Å². The summed E-state index contributed by atoms with van der Waals surface area (Å²) in [5.41, 5.74) is 2.30. The molecule has 1 N–H and O–H groups in total. The van der Waals surface area contributed by atoms with Crippen molar-refractivity contribution in [2.75, 3.05) is 50.6 Å². The second-order valence-corrected chi connectivity index (χ2v) is 10.5. The zero-order valence-electron chi connectivity index (χ0n) is 23.7. The van der Waals surface area contributed by atoms with Crippen molar-refractivity contribution in [2.45, 2.75) is 26.4 Å². The Balaban J connectivity index is 1.39. The first kappa shape index (κ1) is 26.6. The number of likely N-dealkylation sites (N-methyl/N-ethyl adjacent to an activating group) is 1. The van der Waals surface area contributed by atoms with E-state index in [0.29, 0.717) is 36.0 Å². The average Bonchev–Trinajstić information content (AvgIpc) is 3.50. The van der Waals surface area contributed by atoms with E-state index >= 15 is 0 Å². The number of allylic oxidation sites excluding steroid dienone is 1. The fraction of sp³-hybridized carbons (Fsp3) is 0.333. The van der Waals surface area contributed by atoms with Crippen LogP contribution >= 0.6 is 0 Å². The molecule has 4 aromatic heterocycles. The molecular formula is C30H35N9O2. The van der Waals surface area contributed by atoms with Crippen LogP contribution in [0.25, 0.3) is 27.8 Å². The van der Waals surface area contributed by atoms with E-state index in [1.165, 1.54) is 5.52 Å². The average molecular weight is 554 g/mol. The third kappa shape index (κ3) is 5.04. The van der Waals surface area contributed by atoms with E-state index in [1.54, 1.807) is 21.6 Å². The highest BCUT2D eigenvalue weighted by Gasteiger charge is 2.23. The van der Waals surface area contributed by atoms with Crippen LogP contribution in [-0.2, 0) is 13.1 Å². The van der Waals surface area contributed by atoms with Gasteiger partial charge >= 0.3 is 0 Å². The van der Waals surface area contributed by atoms with Crippen LogP contribution in [0.3, 0.4) is 0 Å². The summed E-state index contributed by atoms with van der Waals surface area (Å²) in [6.07, 6.45) is 6.37. The second-order valence-electron chi connectivity index (χ2n) is 10.5. The highest BCUT2D eigenvalue weighted by atomic mass is 16.5. The second kappa shape index (κ2) is 11.1. The van der Waals surface area contributed by atoms with E-state index in [-0.39, 0.29) is 5.56 Å². The number of ether oxygens (including phenoxy) is 1. The fourth-order valence-corrected chi connectivity index (χ4v) is 5.26. The largest absolute Gasteiger partial charge is 0.488 e. The van der Waals surface area contributed by atoms with Crippen molar-refractivity contribution in [1.82, 2.24) is 33.8 Å². The van der Waals surface area contributed by atoms with Gasteiger partial charge in [-0.1, -0.05) is 13.0 Å². The van der Waals surface area contributed by atoms with Gasteiger partial charge in [-0.15, -0.1) is 6.58 Å². The quantitative estimate of drug-likeness (QED) is 0.259. The molecule has 1 aromatic carbocycles. The lowest BCUT2D eigenvalue weighted by Gasteiger charge is -2.30. The van der Waals surface area contributed by atoms with Crippen LogP contribution in [0.2, 0.25) is 0 Å². The van der Waals surface area contributed by atoms with Crippen molar-refractivity contribution < 1.29 is 4.74 Å². The number of rotatable bonds is 10. The highest BCUT2D eigenvalue weighted by molar-refractivity contribution is 5.85. The number of aromatic nitrogens is 6. The summed E-state index contributed by atoms with van der Waals surface area (Å²) >= 11 is 0. The molecule has 6 rings (SSSR count). The molecule has 11 heteroatoms. The van der Waals surface area contributed by atoms with Gasteiger partial charge in [0.05, 0.1) is 13.1 Å². The number of fused-ring (bicyclic) bond motifs is 3. The Labute approximate surface area is 238 Å². The predicted molar refractivity (Wildman–Crippen MR) is 163 cm³/mol. The van der Waals surface area contributed by atoms with Crippen molar-refractivity contribution >= 4 is 39.4 Å². The van der Waals surface area contributed by atoms with E-state index < -0.39 is 0 Å². The lowest BCUT2D eigenvalue weighted by atomic mass is 10.2. The summed E-state index contributed by atoms with van der Waals surface area (Å²) in [6.45, 7) is 10.4. The van der Waals surface area contributed by atoms with E-state index in [1.807, 2.05) is 18.2 Å². The van der Waals surface area contributed by atoms with Gasteiger partial charge in [0.25, 0.3) is 5.56 Å². The van der Waals surface area contributed by atoms with Gasteiger partial charge in [0.15, 0.2) is 23.0 Å². The number of pyridine rings is 1. The SMILES string of the molecule is C=CCn1c(=O)c2cnc(Nc3ccc4c(ccn4CCN(C)C)c3)nc2n1-c1ccc2c(n1)N(CCC)CCO2. The molecule has 5 heterocycles. The Bertz CT molecular complexity index is 1780. The van der Waals surface area contributed by atoms with E-state index in [4.69, 9.17) is 14.7 Å². The van der Waals surface area contributed by atoms with Gasteiger partial charge in [-0.2, -0.15) is 4.98 Å². The van der Waals surface area contributed by atoms with Gasteiger partial charge < -0.3 is 24.4 Å². The first-order valence-corrected chi connectivity index (χ1v) is 14.0. The molecule has 11 nitrogen and oxygen atoms in total. The van der Waals surface area contributed by atoms with Crippen molar-refractivity contribution in [1.29, 1.82) is 0 Å². The number of hydrogen-bond acceptors (Lipinski definition) is 8. The zero-order chi connectivity index (χ0) is 28.5. The molecule has 5 aromatic rings. The van der Waals surface area contributed by atoms with Crippen LogP contribution in [-0.4, -0.2) is 74.1 Å². The normalized spacial score (nSPS) is 13.1.